The van der Waals surface area contributed by atoms with E-state index < -0.39 is 29.1 Å². The summed E-state index contributed by atoms with van der Waals surface area (Å²) in [6.45, 7) is 1.62. The number of amides is 2. The fourth-order valence-corrected chi connectivity index (χ4v) is 6.09. The highest BCUT2D eigenvalue weighted by atomic mass is 35.5. The summed E-state index contributed by atoms with van der Waals surface area (Å²) in [7, 11) is 3.29. The van der Waals surface area contributed by atoms with Crippen molar-refractivity contribution in [3.63, 3.8) is 0 Å². The Labute approximate surface area is 246 Å². The van der Waals surface area contributed by atoms with Crippen LogP contribution < -0.4 is 4.90 Å². The molecule has 1 aromatic heterocycles. The molecule has 7 nitrogen and oxygen atoms in total. The number of aromatic nitrogens is 1. The lowest BCUT2D eigenvalue weighted by Gasteiger charge is -2.40. The van der Waals surface area contributed by atoms with Crippen LogP contribution in [0, 0.1) is 17.7 Å². The van der Waals surface area contributed by atoms with Crippen molar-refractivity contribution in [2.24, 2.45) is 11.8 Å². The lowest BCUT2D eigenvalue weighted by Crippen LogP contribution is -2.57. The molecule has 2 aliphatic rings. The first kappa shape index (κ1) is 31.3. The van der Waals surface area contributed by atoms with Gasteiger partial charge in [0, 0.05) is 50.9 Å². The van der Waals surface area contributed by atoms with Crippen LogP contribution in [0.15, 0.2) is 30.3 Å². The van der Waals surface area contributed by atoms with Crippen LogP contribution in [-0.2, 0) is 10.4 Å². The quantitative estimate of drug-likeness (QED) is 0.341. The maximum atomic E-state index is 14.0. The Morgan fingerprint density at radius 2 is 1.59 bits per heavy atom. The third kappa shape index (κ3) is 6.73. The number of hydrogen-bond acceptors (Lipinski definition) is 5. The molecule has 2 aliphatic heterocycles. The average Bonchev–Trinajstić information content (AvgIpc) is 2.91. The number of carbonyl (C=O) groups excluding carboxylic acids is 2. The molecule has 0 bridgehead atoms. The predicted molar refractivity (Wildman–Crippen MR) is 147 cm³/mol. The van der Waals surface area contributed by atoms with E-state index >= 15 is 0 Å². The molecule has 0 radical (unpaired) electrons. The van der Waals surface area contributed by atoms with Crippen LogP contribution in [0.2, 0.25) is 10.2 Å². The molecule has 0 saturated carbocycles. The zero-order chi connectivity index (χ0) is 30.1. The number of hydrogen-bond donors (Lipinski definition) is 1. The minimum absolute atomic E-state index is 0.0597. The highest BCUT2D eigenvalue weighted by Gasteiger charge is 2.62. The summed E-state index contributed by atoms with van der Waals surface area (Å²) in [4.78, 5) is 34.2. The maximum absolute atomic E-state index is 14.0. The van der Waals surface area contributed by atoms with Gasteiger partial charge in [0.1, 0.15) is 16.8 Å². The number of benzene rings is 1. The SMILES string of the molecule is CN(C)C(=O)c1ccc(N2CCC(CC3CCN(C(=O)[C@@](O)(c4cc(F)cc(Cl)c4)C(F)(F)F)CC3)CC2)nc1Cl. The van der Waals surface area contributed by atoms with E-state index in [4.69, 9.17) is 23.2 Å². The maximum Gasteiger partial charge on any atom is 0.430 e. The van der Waals surface area contributed by atoms with Crippen LogP contribution in [0.3, 0.4) is 0 Å². The number of pyridine rings is 1. The fraction of sp³-hybridized carbons (Fsp3) is 0.536. The molecule has 4 rings (SSSR count). The average molecular weight is 619 g/mol. The largest absolute Gasteiger partial charge is 0.430 e. The minimum atomic E-state index is -5.37. The van der Waals surface area contributed by atoms with Crippen molar-refractivity contribution in [3.8, 4) is 0 Å². The Morgan fingerprint density at radius 3 is 2.10 bits per heavy atom. The van der Waals surface area contributed by atoms with Crippen LogP contribution in [0.5, 0.6) is 0 Å². The van der Waals surface area contributed by atoms with E-state index in [9.17, 15) is 32.3 Å². The van der Waals surface area contributed by atoms with E-state index in [1.165, 1.54) is 4.90 Å². The number of aliphatic hydroxyl groups is 1. The van der Waals surface area contributed by atoms with Crippen molar-refractivity contribution in [1.29, 1.82) is 0 Å². The van der Waals surface area contributed by atoms with Crippen LogP contribution in [0.25, 0.3) is 0 Å². The summed E-state index contributed by atoms with van der Waals surface area (Å²) in [6.07, 6.45) is -1.70. The molecular weight excluding hydrogens is 587 g/mol. The van der Waals surface area contributed by atoms with Gasteiger partial charge >= 0.3 is 6.18 Å². The summed E-state index contributed by atoms with van der Waals surface area (Å²) in [6, 6.07) is 5.51. The Bertz CT molecular complexity index is 1260. The minimum Gasteiger partial charge on any atom is -0.368 e. The monoisotopic (exact) mass is 618 g/mol. The number of nitrogens with zero attached hydrogens (tertiary/aromatic N) is 4. The highest BCUT2D eigenvalue weighted by molar-refractivity contribution is 6.32. The second-order valence-corrected chi connectivity index (χ2v) is 11.8. The first-order valence-corrected chi connectivity index (χ1v) is 14.1. The van der Waals surface area contributed by atoms with E-state index in [1.807, 2.05) is 0 Å². The van der Waals surface area contributed by atoms with E-state index in [-0.39, 0.29) is 35.1 Å². The first-order chi connectivity index (χ1) is 19.2. The predicted octanol–water partition coefficient (Wildman–Crippen LogP) is 5.52. The van der Waals surface area contributed by atoms with Gasteiger partial charge in [0.15, 0.2) is 0 Å². The van der Waals surface area contributed by atoms with Gasteiger partial charge in [-0.2, -0.15) is 13.2 Å². The second-order valence-electron chi connectivity index (χ2n) is 11.0. The molecule has 0 spiro atoms. The van der Waals surface area contributed by atoms with Gasteiger partial charge in [0.25, 0.3) is 17.4 Å². The third-order valence-corrected chi connectivity index (χ3v) is 8.48. The molecule has 2 saturated heterocycles. The zero-order valence-corrected chi connectivity index (χ0v) is 24.2. The van der Waals surface area contributed by atoms with Crippen LogP contribution in [0.4, 0.5) is 23.4 Å². The molecule has 1 N–H and O–H groups in total. The zero-order valence-electron chi connectivity index (χ0n) is 22.7. The Hall–Kier alpha value is -2.63. The Morgan fingerprint density at radius 1 is 1.00 bits per heavy atom. The Balaban J connectivity index is 1.32. The summed E-state index contributed by atoms with van der Waals surface area (Å²) in [5.74, 6) is -1.49. The van der Waals surface area contributed by atoms with Gasteiger partial charge in [0.05, 0.1) is 5.56 Å². The lowest BCUT2D eigenvalue weighted by molar-refractivity contribution is -0.262. The number of carbonyl (C=O) groups is 2. The second kappa shape index (κ2) is 12.3. The summed E-state index contributed by atoms with van der Waals surface area (Å²) >= 11 is 12.0. The number of alkyl halides is 3. The lowest BCUT2D eigenvalue weighted by atomic mass is 9.82. The van der Waals surface area contributed by atoms with Crippen molar-refractivity contribution in [2.45, 2.75) is 43.9 Å². The first-order valence-electron chi connectivity index (χ1n) is 13.4. The topological polar surface area (TPSA) is 77.0 Å². The number of piperidine rings is 2. The molecule has 13 heteroatoms. The highest BCUT2D eigenvalue weighted by Crippen LogP contribution is 2.42. The molecule has 2 aromatic rings. The molecule has 3 heterocycles. The van der Waals surface area contributed by atoms with E-state index in [0.717, 1.165) is 49.4 Å². The van der Waals surface area contributed by atoms with Gasteiger partial charge in [-0.1, -0.05) is 23.2 Å². The molecule has 0 aliphatic carbocycles. The van der Waals surface area contributed by atoms with Crippen molar-refractivity contribution < 1.29 is 32.3 Å². The smallest absolute Gasteiger partial charge is 0.368 e. The van der Waals surface area contributed by atoms with Gasteiger partial charge in [-0.15, -0.1) is 0 Å². The number of halogens is 6. The molecule has 2 fully saturated rings. The van der Waals surface area contributed by atoms with Crippen molar-refractivity contribution in [2.75, 3.05) is 45.2 Å². The summed E-state index contributed by atoms with van der Waals surface area (Å²) in [5.41, 5.74) is -4.50. The number of likely N-dealkylation sites (tertiary alicyclic amines) is 1. The van der Waals surface area contributed by atoms with E-state index in [1.54, 1.807) is 26.2 Å². The number of rotatable bonds is 6. The van der Waals surface area contributed by atoms with Crippen LogP contribution in [0.1, 0.15) is 48.0 Å². The summed E-state index contributed by atoms with van der Waals surface area (Å²) < 4.78 is 55.9. The normalized spacial score (nSPS) is 18.8. The van der Waals surface area contributed by atoms with Gasteiger partial charge in [0.2, 0.25) is 0 Å². The molecule has 1 atom stereocenters. The molecule has 224 valence electrons. The van der Waals surface area contributed by atoms with Crippen molar-refractivity contribution in [3.05, 3.63) is 57.5 Å². The fourth-order valence-electron chi connectivity index (χ4n) is 5.64. The van der Waals surface area contributed by atoms with E-state index in [0.29, 0.717) is 36.2 Å². The van der Waals surface area contributed by atoms with Gasteiger partial charge in [-0.25, -0.2) is 9.37 Å². The molecule has 2 amide bonds. The third-order valence-electron chi connectivity index (χ3n) is 7.98. The molecule has 41 heavy (non-hydrogen) atoms. The molecular formula is C28H32Cl2F4N4O3. The number of anilines is 1. The van der Waals surface area contributed by atoms with Crippen LogP contribution >= 0.6 is 23.2 Å². The Kier molecular flexibility index (Phi) is 9.40. The standard InChI is InChI=1S/C28H32Cl2F4N4O3/c1-36(2)25(39)22-3-4-23(35-24(22)30)37-9-5-17(6-10-37)13-18-7-11-38(12-8-18)26(40)27(41,28(32,33)34)19-14-20(29)16-21(31)15-19/h3-4,14-18,41H,5-13H2,1-2H3/t27-/m0/s1. The van der Waals surface area contributed by atoms with E-state index in [2.05, 4.69) is 9.88 Å². The van der Waals surface area contributed by atoms with Crippen LogP contribution in [-0.4, -0.2) is 78.2 Å². The van der Waals surface area contributed by atoms with Crippen molar-refractivity contribution >= 4 is 40.8 Å². The van der Waals surface area contributed by atoms with Gasteiger partial charge in [-0.3, -0.25) is 9.59 Å². The van der Waals surface area contributed by atoms with Crippen molar-refractivity contribution in [1.82, 2.24) is 14.8 Å². The van der Waals surface area contributed by atoms with Gasteiger partial charge < -0.3 is 19.8 Å². The molecule has 1 aromatic carbocycles. The van der Waals surface area contributed by atoms with Gasteiger partial charge in [-0.05, 0) is 74.3 Å². The molecule has 0 unspecified atom stereocenters. The summed E-state index contributed by atoms with van der Waals surface area (Å²) in [5, 5.41) is 10.4.